The Bertz CT molecular complexity index is 715. The summed E-state index contributed by atoms with van der Waals surface area (Å²) in [7, 11) is -2.24. The summed E-state index contributed by atoms with van der Waals surface area (Å²) >= 11 is 5.64. The van der Waals surface area contributed by atoms with Crippen molar-refractivity contribution >= 4 is 27.3 Å². The minimum absolute atomic E-state index is 0.0320. The van der Waals surface area contributed by atoms with E-state index in [1.165, 1.54) is 25.4 Å². The third kappa shape index (κ3) is 3.20. The van der Waals surface area contributed by atoms with Crippen molar-refractivity contribution in [1.29, 1.82) is 0 Å². The van der Waals surface area contributed by atoms with Crippen LogP contribution in [-0.2, 0) is 10.0 Å². The number of sulfonamides is 1. The Labute approximate surface area is 122 Å². The Morgan fingerprint density at radius 2 is 2.00 bits per heavy atom. The highest BCUT2D eigenvalue weighted by Gasteiger charge is 2.16. The summed E-state index contributed by atoms with van der Waals surface area (Å²) in [5.74, 6) is 0.454. The Morgan fingerprint density at radius 1 is 1.25 bits per heavy atom. The van der Waals surface area contributed by atoms with E-state index in [2.05, 4.69) is 9.71 Å². The van der Waals surface area contributed by atoms with Crippen LogP contribution < -0.4 is 9.46 Å². The minimum Gasteiger partial charge on any atom is -0.495 e. The maximum atomic E-state index is 12.2. The van der Waals surface area contributed by atoms with Gasteiger partial charge in [0, 0.05) is 6.20 Å². The fraction of sp³-hybridized carbons (Fsp3) is 0.154. The number of ether oxygens (including phenoxy) is 1. The number of rotatable bonds is 4. The smallest absolute Gasteiger partial charge is 0.263 e. The molecule has 2 aromatic rings. The average molecular weight is 313 g/mol. The van der Waals surface area contributed by atoms with Crippen LogP contribution in [0.3, 0.4) is 0 Å². The zero-order valence-corrected chi connectivity index (χ0v) is 12.5. The molecule has 0 bridgehead atoms. The monoisotopic (exact) mass is 312 g/mol. The van der Waals surface area contributed by atoms with Crippen LogP contribution in [0, 0.1) is 6.92 Å². The van der Waals surface area contributed by atoms with Crippen LogP contribution in [0.4, 0.5) is 5.69 Å². The van der Waals surface area contributed by atoms with Crippen LogP contribution in [0.1, 0.15) is 5.56 Å². The van der Waals surface area contributed by atoms with Gasteiger partial charge in [-0.2, -0.15) is 0 Å². The van der Waals surface area contributed by atoms with Gasteiger partial charge in [-0.05, 0) is 36.8 Å². The van der Waals surface area contributed by atoms with Gasteiger partial charge in [-0.15, -0.1) is 0 Å². The lowest BCUT2D eigenvalue weighted by atomic mass is 10.2. The molecule has 1 aromatic heterocycles. The highest BCUT2D eigenvalue weighted by molar-refractivity contribution is 7.92. The van der Waals surface area contributed by atoms with Crippen molar-refractivity contribution < 1.29 is 13.2 Å². The van der Waals surface area contributed by atoms with E-state index < -0.39 is 10.0 Å². The molecule has 0 unspecified atom stereocenters. The number of methoxy groups -OCH3 is 1. The molecule has 1 aromatic carbocycles. The number of hydrogen-bond acceptors (Lipinski definition) is 4. The van der Waals surface area contributed by atoms with E-state index >= 15 is 0 Å². The molecule has 0 aliphatic carbocycles. The molecule has 0 atom stereocenters. The van der Waals surface area contributed by atoms with Gasteiger partial charge in [-0.3, -0.25) is 4.72 Å². The standard InChI is InChI=1S/C13H13ClN2O3S/c1-9-3-5-11(12(7-9)19-2)16-20(17,18)10-4-6-13(14)15-8-10/h3-8,16H,1-2H3. The van der Waals surface area contributed by atoms with Gasteiger partial charge in [0.15, 0.2) is 0 Å². The Hall–Kier alpha value is -1.79. The van der Waals surface area contributed by atoms with E-state index in [1.807, 2.05) is 6.92 Å². The van der Waals surface area contributed by atoms with Gasteiger partial charge in [-0.25, -0.2) is 13.4 Å². The summed E-state index contributed by atoms with van der Waals surface area (Å²) in [4.78, 5) is 3.79. The second-order valence-electron chi connectivity index (χ2n) is 4.13. The van der Waals surface area contributed by atoms with Crippen molar-refractivity contribution in [3.63, 3.8) is 0 Å². The number of aryl methyl sites for hydroxylation is 1. The van der Waals surface area contributed by atoms with Crippen LogP contribution >= 0.6 is 11.6 Å². The van der Waals surface area contributed by atoms with Crippen molar-refractivity contribution in [2.24, 2.45) is 0 Å². The van der Waals surface area contributed by atoms with Crippen molar-refractivity contribution in [3.05, 3.63) is 47.2 Å². The fourth-order valence-corrected chi connectivity index (χ4v) is 2.73. The second-order valence-corrected chi connectivity index (χ2v) is 6.20. The van der Waals surface area contributed by atoms with E-state index in [-0.39, 0.29) is 10.0 Å². The molecular weight excluding hydrogens is 300 g/mol. The summed E-state index contributed by atoms with van der Waals surface area (Å²) in [5, 5.41) is 0.233. The normalized spacial score (nSPS) is 11.2. The summed E-state index contributed by atoms with van der Waals surface area (Å²) in [6.45, 7) is 1.89. The van der Waals surface area contributed by atoms with Crippen LogP contribution in [-0.4, -0.2) is 20.5 Å². The van der Waals surface area contributed by atoms with Gasteiger partial charge in [0.05, 0.1) is 12.8 Å². The van der Waals surface area contributed by atoms with E-state index in [4.69, 9.17) is 16.3 Å². The predicted octanol–water partition coefficient (Wildman–Crippen LogP) is 2.85. The van der Waals surface area contributed by atoms with E-state index in [0.717, 1.165) is 5.56 Å². The number of nitrogens with zero attached hydrogens (tertiary/aromatic N) is 1. The summed E-state index contributed by atoms with van der Waals surface area (Å²) in [5.41, 5.74) is 1.34. The molecule has 0 saturated carbocycles. The molecule has 7 heteroatoms. The fourth-order valence-electron chi connectivity index (χ4n) is 1.61. The van der Waals surface area contributed by atoms with E-state index in [9.17, 15) is 8.42 Å². The third-order valence-electron chi connectivity index (χ3n) is 2.61. The molecule has 0 radical (unpaired) electrons. The molecule has 0 aliphatic rings. The first-order chi connectivity index (χ1) is 9.42. The molecule has 1 heterocycles. The number of nitrogens with one attached hydrogen (secondary N) is 1. The van der Waals surface area contributed by atoms with Crippen molar-refractivity contribution in [2.45, 2.75) is 11.8 Å². The Morgan fingerprint density at radius 3 is 2.60 bits per heavy atom. The highest BCUT2D eigenvalue weighted by Crippen LogP contribution is 2.27. The quantitative estimate of drug-likeness (QED) is 0.881. The molecule has 0 aliphatic heterocycles. The molecule has 0 spiro atoms. The summed E-state index contributed by atoms with van der Waals surface area (Å²) in [6, 6.07) is 7.99. The number of pyridine rings is 1. The SMILES string of the molecule is COc1cc(C)ccc1NS(=O)(=O)c1ccc(Cl)nc1. The zero-order chi connectivity index (χ0) is 14.8. The third-order valence-corrected chi connectivity index (χ3v) is 4.19. The number of halogens is 1. The van der Waals surface area contributed by atoms with Gasteiger partial charge in [-0.1, -0.05) is 17.7 Å². The van der Waals surface area contributed by atoms with Crippen molar-refractivity contribution in [2.75, 3.05) is 11.8 Å². The molecule has 0 amide bonds. The Kier molecular flexibility index (Phi) is 4.15. The van der Waals surface area contributed by atoms with E-state index in [1.54, 1.807) is 18.2 Å². The van der Waals surface area contributed by atoms with Gasteiger partial charge in [0.2, 0.25) is 0 Å². The summed E-state index contributed by atoms with van der Waals surface area (Å²) < 4.78 is 32.1. The molecule has 20 heavy (non-hydrogen) atoms. The Balaban J connectivity index is 2.35. The molecule has 5 nitrogen and oxygen atoms in total. The maximum absolute atomic E-state index is 12.2. The minimum atomic E-state index is -3.73. The largest absolute Gasteiger partial charge is 0.495 e. The van der Waals surface area contributed by atoms with Gasteiger partial charge >= 0.3 is 0 Å². The molecular formula is C13H13ClN2O3S. The van der Waals surface area contributed by atoms with Gasteiger partial charge < -0.3 is 4.74 Å². The average Bonchev–Trinajstić information content (AvgIpc) is 2.41. The van der Waals surface area contributed by atoms with Crippen LogP contribution in [0.25, 0.3) is 0 Å². The van der Waals surface area contributed by atoms with Crippen LogP contribution in [0.5, 0.6) is 5.75 Å². The van der Waals surface area contributed by atoms with Gasteiger partial charge in [0.25, 0.3) is 10.0 Å². The molecule has 0 saturated heterocycles. The number of anilines is 1. The number of benzene rings is 1. The first-order valence-corrected chi connectivity index (χ1v) is 7.57. The molecule has 1 N–H and O–H groups in total. The topological polar surface area (TPSA) is 68.3 Å². The lowest BCUT2D eigenvalue weighted by Gasteiger charge is -2.12. The molecule has 2 rings (SSSR count). The zero-order valence-electron chi connectivity index (χ0n) is 10.9. The first-order valence-electron chi connectivity index (χ1n) is 5.71. The van der Waals surface area contributed by atoms with Gasteiger partial charge in [0.1, 0.15) is 15.8 Å². The van der Waals surface area contributed by atoms with Crippen molar-refractivity contribution in [3.8, 4) is 5.75 Å². The van der Waals surface area contributed by atoms with E-state index in [0.29, 0.717) is 11.4 Å². The maximum Gasteiger partial charge on any atom is 0.263 e. The highest BCUT2D eigenvalue weighted by atomic mass is 35.5. The van der Waals surface area contributed by atoms with Crippen molar-refractivity contribution in [1.82, 2.24) is 4.98 Å². The molecule has 106 valence electrons. The number of hydrogen-bond donors (Lipinski definition) is 1. The number of aromatic nitrogens is 1. The second kappa shape index (κ2) is 5.68. The van der Waals surface area contributed by atoms with Crippen LogP contribution in [0.15, 0.2) is 41.4 Å². The summed E-state index contributed by atoms with van der Waals surface area (Å²) in [6.07, 6.45) is 1.20. The lowest BCUT2D eigenvalue weighted by Crippen LogP contribution is -2.13. The predicted molar refractivity (Wildman–Crippen MR) is 77.8 cm³/mol. The van der Waals surface area contributed by atoms with Crippen LogP contribution in [0.2, 0.25) is 5.15 Å². The molecule has 0 fully saturated rings. The first kappa shape index (κ1) is 14.6. The lowest BCUT2D eigenvalue weighted by molar-refractivity contribution is 0.416.